The predicted octanol–water partition coefficient (Wildman–Crippen LogP) is 4.54. The first-order valence-electron chi connectivity index (χ1n) is 6.90. The molecule has 0 saturated carbocycles. The Labute approximate surface area is 123 Å². The Bertz CT molecular complexity index is 703. The third-order valence-corrected chi connectivity index (χ3v) is 3.61. The van der Waals surface area contributed by atoms with E-state index >= 15 is 0 Å². The fourth-order valence-electron chi connectivity index (χ4n) is 2.38. The summed E-state index contributed by atoms with van der Waals surface area (Å²) in [6.07, 6.45) is 0. The maximum atomic E-state index is 13.0. The molecule has 0 aliphatic rings. The molecule has 0 aromatic heterocycles. The number of nitrogens with two attached hydrogens (primary N) is 1. The standard InChI is InChI=1S/C19H16FN/c20-18-12-10-17(11-13-18)19(21)16-8-6-15(7-9-16)14-4-2-1-3-5-14/h1-13,19H,21H2. The molecule has 2 heteroatoms. The summed E-state index contributed by atoms with van der Waals surface area (Å²) in [5.74, 6) is -0.245. The summed E-state index contributed by atoms with van der Waals surface area (Å²) < 4.78 is 13.0. The van der Waals surface area contributed by atoms with Gasteiger partial charge in [0.25, 0.3) is 0 Å². The van der Waals surface area contributed by atoms with Gasteiger partial charge < -0.3 is 5.73 Å². The SMILES string of the molecule is NC(c1ccc(F)cc1)c1ccc(-c2ccccc2)cc1. The summed E-state index contributed by atoms with van der Waals surface area (Å²) in [5, 5.41) is 0. The molecule has 2 N–H and O–H groups in total. The van der Waals surface area contributed by atoms with E-state index in [0.29, 0.717) is 0 Å². The van der Waals surface area contributed by atoms with Gasteiger partial charge in [-0.15, -0.1) is 0 Å². The molecule has 1 nitrogen and oxygen atoms in total. The second kappa shape index (κ2) is 5.90. The van der Waals surface area contributed by atoms with Crippen molar-refractivity contribution in [1.82, 2.24) is 0 Å². The number of benzene rings is 3. The van der Waals surface area contributed by atoms with E-state index in [2.05, 4.69) is 24.3 Å². The smallest absolute Gasteiger partial charge is 0.123 e. The molecule has 0 amide bonds. The lowest BCUT2D eigenvalue weighted by Crippen LogP contribution is -2.11. The Hall–Kier alpha value is -2.45. The van der Waals surface area contributed by atoms with Gasteiger partial charge in [0, 0.05) is 0 Å². The normalized spacial score (nSPS) is 12.1. The summed E-state index contributed by atoms with van der Waals surface area (Å²) in [6.45, 7) is 0. The van der Waals surface area contributed by atoms with E-state index < -0.39 is 0 Å². The average Bonchev–Trinajstić information content (AvgIpc) is 2.56. The molecule has 0 radical (unpaired) electrons. The third kappa shape index (κ3) is 3.01. The van der Waals surface area contributed by atoms with Crippen LogP contribution in [-0.4, -0.2) is 0 Å². The van der Waals surface area contributed by atoms with E-state index in [1.165, 1.54) is 17.7 Å². The van der Waals surface area contributed by atoms with Gasteiger partial charge in [0.05, 0.1) is 6.04 Å². The summed E-state index contributed by atoms with van der Waals surface area (Å²) >= 11 is 0. The van der Waals surface area contributed by atoms with E-state index in [4.69, 9.17) is 5.73 Å². The lowest BCUT2D eigenvalue weighted by atomic mass is 9.97. The van der Waals surface area contributed by atoms with Crippen LogP contribution in [0.4, 0.5) is 4.39 Å². The Balaban J connectivity index is 1.85. The molecule has 0 heterocycles. The molecule has 1 atom stereocenters. The van der Waals surface area contributed by atoms with Gasteiger partial charge in [-0.05, 0) is 34.4 Å². The van der Waals surface area contributed by atoms with Crippen LogP contribution in [0.1, 0.15) is 17.2 Å². The van der Waals surface area contributed by atoms with Gasteiger partial charge in [0.2, 0.25) is 0 Å². The number of rotatable bonds is 3. The van der Waals surface area contributed by atoms with Gasteiger partial charge >= 0.3 is 0 Å². The molecule has 0 aliphatic carbocycles. The quantitative estimate of drug-likeness (QED) is 0.747. The minimum absolute atomic E-state index is 0.240. The minimum Gasteiger partial charge on any atom is -0.320 e. The molecular weight excluding hydrogens is 261 g/mol. The van der Waals surface area contributed by atoms with Crippen LogP contribution in [0.25, 0.3) is 11.1 Å². The van der Waals surface area contributed by atoms with Crippen LogP contribution >= 0.6 is 0 Å². The molecule has 0 aliphatic heterocycles. The van der Waals surface area contributed by atoms with Crippen molar-refractivity contribution in [3.05, 3.63) is 95.8 Å². The van der Waals surface area contributed by atoms with Crippen LogP contribution in [0.2, 0.25) is 0 Å². The Morgan fingerprint density at radius 1 is 0.619 bits per heavy atom. The second-order valence-corrected chi connectivity index (χ2v) is 5.02. The van der Waals surface area contributed by atoms with Crippen molar-refractivity contribution in [3.8, 4) is 11.1 Å². The van der Waals surface area contributed by atoms with Crippen LogP contribution in [0.15, 0.2) is 78.9 Å². The van der Waals surface area contributed by atoms with Crippen molar-refractivity contribution in [2.45, 2.75) is 6.04 Å². The highest BCUT2D eigenvalue weighted by Crippen LogP contribution is 2.24. The first-order chi connectivity index (χ1) is 10.2. The molecule has 3 aromatic rings. The molecule has 104 valence electrons. The molecular formula is C19H16FN. The molecule has 0 spiro atoms. The van der Waals surface area contributed by atoms with Crippen molar-refractivity contribution in [2.75, 3.05) is 0 Å². The summed E-state index contributed by atoms with van der Waals surface area (Å²) in [5.41, 5.74) is 10.5. The Kier molecular flexibility index (Phi) is 3.80. The van der Waals surface area contributed by atoms with Gasteiger partial charge in [-0.2, -0.15) is 0 Å². The zero-order valence-electron chi connectivity index (χ0n) is 11.5. The first kappa shape index (κ1) is 13.5. The van der Waals surface area contributed by atoms with Crippen molar-refractivity contribution >= 4 is 0 Å². The molecule has 0 bridgehead atoms. The van der Waals surface area contributed by atoms with Crippen molar-refractivity contribution < 1.29 is 4.39 Å². The van der Waals surface area contributed by atoms with E-state index in [0.717, 1.165) is 16.7 Å². The number of halogens is 1. The highest BCUT2D eigenvalue weighted by Gasteiger charge is 2.09. The highest BCUT2D eigenvalue weighted by molar-refractivity contribution is 5.63. The summed E-state index contributed by atoms with van der Waals surface area (Å²) in [4.78, 5) is 0. The fourth-order valence-corrected chi connectivity index (χ4v) is 2.38. The van der Waals surface area contributed by atoms with Crippen molar-refractivity contribution in [2.24, 2.45) is 5.73 Å². The van der Waals surface area contributed by atoms with Gasteiger partial charge in [-0.1, -0.05) is 66.7 Å². The topological polar surface area (TPSA) is 26.0 Å². The lowest BCUT2D eigenvalue weighted by Gasteiger charge is -2.13. The average molecular weight is 277 g/mol. The maximum Gasteiger partial charge on any atom is 0.123 e. The molecule has 0 saturated heterocycles. The lowest BCUT2D eigenvalue weighted by molar-refractivity contribution is 0.626. The number of hydrogen-bond acceptors (Lipinski definition) is 1. The molecule has 3 aromatic carbocycles. The van der Waals surface area contributed by atoms with E-state index in [9.17, 15) is 4.39 Å². The summed E-state index contributed by atoms with van der Waals surface area (Å²) in [7, 11) is 0. The number of hydrogen-bond donors (Lipinski definition) is 1. The van der Waals surface area contributed by atoms with Gasteiger partial charge in [0.15, 0.2) is 0 Å². The van der Waals surface area contributed by atoms with Crippen LogP contribution in [0.5, 0.6) is 0 Å². The monoisotopic (exact) mass is 277 g/mol. The fraction of sp³-hybridized carbons (Fsp3) is 0.0526. The zero-order chi connectivity index (χ0) is 14.7. The van der Waals surface area contributed by atoms with Crippen molar-refractivity contribution in [1.29, 1.82) is 0 Å². The molecule has 21 heavy (non-hydrogen) atoms. The van der Waals surface area contributed by atoms with Crippen LogP contribution < -0.4 is 5.73 Å². The molecule has 0 fully saturated rings. The first-order valence-corrected chi connectivity index (χ1v) is 6.90. The van der Waals surface area contributed by atoms with E-state index in [1.54, 1.807) is 12.1 Å². The Morgan fingerprint density at radius 2 is 1.10 bits per heavy atom. The minimum atomic E-state index is -0.245. The molecule has 1 unspecified atom stereocenters. The third-order valence-electron chi connectivity index (χ3n) is 3.61. The van der Waals surface area contributed by atoms with Gasteiger partial charge in [0.1, 0.15) is 5.82 Å². The Morgan fingerprint density at radius 3 is 1.67 bits per heavy atom. The highest BCUT2D eigenvalue weighted by atomic mass is 19.1. The van der Waals surface area contributed by atoms with E-state index in [1.807, 2.05) is 30.3 Å². The van der Waals surface area contributed by atoms with Crippen LogP contribution in [0.3, 0.4) is 0 Å². The van der Waals surface area contributed by atoms with Gasteiger partial charge in [-0.3, -0.25) is 0 Å². The summed E-state index contributed by atoms with van der Waals surface area (Å²) in [6, 6.07) is 24.5. The molecule has 3 rings (SSSR count). The van der Waals surface area contributed by atoms with Crippen LogP contribution in [0, 0.1) is 5.82 Å². The van der Waals surface area contributed by atoms with E-state index in [-0.39, 0.29) is 11.9 Å². The van der Waals surface area contributed by atoms with Gasteiger partial charge in [-0.25, -0.2) is 4.39 Å². The largest absolute Gasteiger partial charge is 0.320 e. The van der Waals surface area contributed by atoms with Crippen LogP contribution in [-0.2, 0) is 0 Å². The zero-order valence-corrected chi connectivity index (χ0v) is 11.5. The predicted molar refractivity (Wildman–Crippen MR) is 84.3 cm³/mol. The maximum absolute atomic E-state index is 13.0. The second-order valence-electron chi connectivity index (χ2n) is 5.02. The van der Waals surface area contributed by atoms with Crippen molar-refractivity contribution in [3.63, 3.8) is 0 Å².